The molecule has 0 bridgehead atoms. The fraction of sp³-hybridized carbons (Fsp3) is 0.214. The molecule has 0 aliphatic carbocycles. The quantitative estimate of drug-likeness (QED) is 0.902. The van der Waals surface area contributed by atoms with E-state index in [1.807, 2.05) is 25.1 Å². The Bertz CT molecular complexity index is 543. The van der Waals surface area contributed by atoms with Gasteiger partial charge < -0.3 is 10.5 Å². The van der Waals surface area contributed by atoms with Crippen molar-refractivity contribution in [1.82, 2.24) is 4.98 Å². The van der Waals surface area contributed by atoms with Crippen LogP contribution in [-0.2, 0) is 13.2 Å². The van der Waals surface area contributed by atoms with Crippen LogP contribution in [0.2, 0.25) is 0 Å². The Morgan fingerprint density at radius 1 is 1.28 bits per heavy atom. The summed E-state index contributed by atoms with van der Waals surface area (Å²) in [6, 6.07) is 7.23. The minimum absolute atomic E-state index is 0.279. The summed E-state index contributed by atoms with van der Waals surface area (Å²) in [4.78, 5) is 3.77. The van der Waals surface area contributed by atoms with Gasteiger partial charge in [0, 0.05) is 23.9 Å². The smallest absolute Gasteiger partial charge is 0.141 e. The zero-order valence-electron chi connectivity index (χ0n) is 10.2. The van der Waals surface area contributed by atoms with Gasteiger partial charge in [-0.25, -0.2) is 4.39 Å². The summed E-state index contributed by atoms with van der Waals surface area (Å²) in [5.41, 5.74) is 8.43. The molecule has 1 aromatic carbocycles. The lowest BCUT2D eigenvalue weighted by atomic mass is 10.1. The third-order valence-electron chi connectivity index (χ3n) is 2.59. The van der Waals surface area contributed by atoms with Gasteiger partial charge in [-0.15, -0.1) is 0 Å². The minimum Gasteiger partial charge on any atom is -0.489 e. The molecule has 0 fully saturated rings. The summed E-state index contributed by atoms with van der Waals surface area (Å²) in [5.74, 6) is 0.367. The Balaban J connectivity index is 2.10. The average molecular weight is 246 g/mol. The molecule has 2 aromatic rings. The van der Waals surface area contributed by atoms with E-state index in [2.05, 4.69) is 4.98 Å². The molecule has 0 aliphatic rings. The lowest BCUT2D eigenvalue weighted by Gasteiger charge is -2.11. The highest BCUT2D eigenvalue weighted by Gasteiger charge is 2.03. The van der Waals surface area contributed by atoms with Gasteiger partial charge >= 0.3 is 0 Å². The molecule has 1 aromatic heterocycles. The summed E-state index contributed by atoms with van der Waals surface area (Å²) in [5, 5.41) is 0. The summed E-state index contributed by atoms with van der Waals surface area (Å²) in [7, 11) is 0. The first-order valence-electron chi connectivity index (χ1n) is 5.71. The number of hydrogen-bond donors (Lipinski definition) is 1. The first-order chi connectivity index (χ1) is 8.69. The standard InChI is InChI=1S/C14H15FN2O/c1-10-2-3-14(12(4-10)6-16)18-9-11-5-13(15)8-17-7-11/h2-5,7-8H,6,9,16H2,1H3. The van der Waals surface area contributed by atoms with Crippen molar-refractivity contribution < 1.29 is 9.13 Å². The van der Waals surface area contributed by atoms with Gasteiger partial charge in [-0.3, -0.25) is 4.98 Å². The molecule has 4 heteroatoms. The van der Waals surface area contributed by atoms with E-state index in [0.29, 0.717) is 12.1 Å². The van der Waals surface area contributed by atoms with Gasteiger partial charge in [-0.1, -0.05) is 17.7 Å². The van der Waals surface area contributed by atoms with E-state index in [9.17, 15) is 4.39 Å². The first-order valence-corrected chi connectivity index (χ1v) is 5.71. The number of halogens is 1. The van der Waals surface area contributed by atoms with Crippen molar-refractivity contribution in [3.63, 3.8) is 0 Å². The number of nitrogens with zero attached hydrogens (tertiary/aromatic N) is 1. The second-order valence-corrected chi connectivity index (χ2v) is 4.12. The van der Waals surface area contributed by atoms with E-state index in [4.69, 9.17) is 10.5 Å². The maximum atomic E-state index is 13.0. The second kappa shape index (κ2) is 5.60. The van der Waals surface area contributed by atoms with Gasteiger partial charge in [-0.05, 0) is 19.1 Å². The lowest BCUT2D eigenvalue weighted by molar-refractivity contribution is 0.302. The predicted molar refractivity (Wildman–Crippen MR) is 67.6 cm³/mol. The summed E-state index contributed by atoms with van der Waals surface area (Å²) in [6.45, 7) is 2.69. The Kier molecular flexibility index (Phi) is 3.89. The van der Waals surface area contributed by atoms with E-state index >= 15 is 0 Å². The number of hydrogen-bond acceptors (Lipinski definition) is 3. The molecule has 0 aliphatic heterocycles. The normalized spacial score (nSPS) is 10.4. The fourth-order valence-electron chi connectivity index (χ4n) is 1.70. The Morgan fingerprint density at radius 3 is 2.83 bits per heavy atom. The highest BCUT2D eigenvalue weighted by molar-refractivity contribution is 5.36. The van der Waals surface area contributed by atoms with E-state index in [-0.39, 0.29) is 12.4 Å². The van der Waals surface area contributed by atoms with Crippen molar-refractivity contribution in [2.24, 2.45) is 5.73 Å². The van der Waals surface area contributed by atoms with Gasteiger partial charge in [0.25, 0.3) is 0 Å². The molecule has 0 radical (unpaired) electrons. The Morgan fingerprint density at radius 2 is 2.11 bits per heavy atom. The zero-order valence-corrected chi connectivity index (χ0v) is 10.2. The van der Waals surface area contributed by atoms with Crippen LogP contribution in [0.5, 0.6) is 5.75 Å². The molecule has 18 heavy (non-hydrogen) atoms. The highest BCUT2D eigenvalue weighted by Crippen LogP contribution is 2.20. The Hall–Kier alpha value is -1.94. The van der Waals surface area contributed by atoms with Crippen LogP contribution >= 0.6 is 0 Å². The summed E-state index contributed by atoms with van der Waals surface area (Å²) < 4.78 is 18.6. The molecule has 0 spiro atoms. The zero-order chi connectivity index (χ0) is 13.0. The van der Waals surface area contributed by atoms with E-state index in [1.165, 1.54) is 12.3 Å². The third-order valence-corrected chi connectivity index (χ3v) is 2.59. The van der Waals surface area contributed by atoms with Crippen molar-refractivity contribution in [2.75, 3.05) is 0 Å². The number of benzene rings is 1. The highest BCUT2D eigenvalue weighted by atomic mass is 19.1. The average Bonchev–Trinajstić information content (AvgIpc) is 2.37. The number of aryl methyl sites for hydroxylation is 1. The maximum absolute atomic E-state index is 13.0. The molecule has 94 valence electrons. The monoisotopic (exact) mass is 246 g/mol. The van der Waals surface area contributed by atoms with Crippen LogP contribution < -0.4 is 10.5 Å². The predicted octanol–water partition coefficient (Wildman–Crippen LogP) is 2.57. The Labute approximate surface area is 105 Å². The van der Waals surface area contributed by atoms with Crippen molar-refractivity contribution in [3.05, 3.63) is 59.2 Å². The molecular formula is C14H15FN2O. The van der Waals surface area contributed by atoms with E-state index < -0.39 is 0 Å². The van der Waals surface area contributed by atoms with Gasteiger partial charge in [-0.2, -0.15) is 0 Å². The molecule has 0 amide bonds. The maximum Gasteiger partial charge on any atom is 0.141 e. The molecule has 2 rings (SSSR count). The number of pyridine rings is 1. The van der Waals surface area contributed by atoms with Crippen molar-refractivity contribution in [1.29, 1.82) is 0 Å². The molecule has 0 atom stereocenters. The topological polar surface area (TPSA) is 48.1 Å². The van der Waals surface area contributed by atoms with Crippen LogP contribution in [0.1, 0.15) is 16.7 Å². The van der Waals surface area contributed by atoms with Crippen LogP contribution in [0.25, 0.3) is 0 Å². The van der Waals surface area contributed by atoms with E-state index in [0.717, 1.165) is 16.9 Å². The summed E-state index contributed by atoms with van der Waals surface area (Å²) in [6.07, 6.45) is 2.75. The molecule has 0 saturated heterocycles. The molecule has 2 N–H and O–H groups in total. The number of ether oxygens (including phenoxy) is 1. The van der Waals surface area contributed by atoms with Crippen LogP contribution in [0, 0.1) is 12.7 Å². The van der Waals surface area contributed by atoms with E-state index in [1.54, 1.807) is 6.20 Å². The lowest BCUT2D eigenvalue weighted by Crippen LogP contribution is -2.03. The summed E-state index contributed by atoms with van der Waals surface area (Å²) >= 11 is 0. The molecule has 0 unspecified atom stereocenters. The van der Waals surface area contributed by atoms with Crippen LogP contribution in [0.15, 0.2) is 36.7 Å². The largest absolute Gasteiger partial charge is 0.489 e. The van der Waals surface area contributed by atoms with Crippen LogP contribution in [0.4, 0.5) is 4.39 Å². The molecule has 1 heterocycles. The van der Waals surface area contributed by atoms with Crippen molar-refractivity contribution >= 4 is 0 Å². The molecular weight excluding hydrogens is 231 g/mol. The minimum atomic E-state index is -0.362. The van der Waals surface area contributed by atoms with Gasteiger partial charge in [0.2, 0.25) is 0 Å². The first kappa shape index (κ1) is 12.5. The molecule has 3 nitrogen and oxygen atoms in total. The van der Waals surface area contributed by atoms with Gasteiger partial charge in [0.1, 0.15) is 18.2 Å². The second-order valence-electron chi connectivity index (χ2n) is 4.12. The number of aromatic nitrogens is 1. The SMILES string of the molecule is Cc1ccc(OCc2cncc(F)c2)c(CN)c1. The van der Waals surface area contributed by atoms with Gasteiger partial charge in [0.15, 0.2) is 0 Å². The van der Waals surface area contributed by atoms with Crippen LogP contribution in [0.3, 0.4) is 0 Å². The molecule has 0 saturated carbocycles. The third kappa shape index (κ3) is 3.05. The number of rotatable bonds is 4. The van der Waals surface area contributed by atoms with Crippen molar-refractivity contribution in [2.45, 2.75) is 20.1 Å². The number of nitrogens with two attached hydrogens (primary N) is 1. The fourth-order valence-corrected chi connectivity index (χ4v) is 1.70. The van der Waals surface area contributed by atoms with Crippen LogP contribution in [-0.4, -0.2) is 4.98 Å². The van der Waals surface area contributed by atoms with Gasteiger partial charge in [0.05, 0.1) is 6.20 Å². The van der Waals surface area contributed by atoms with Crippen molar-refractivity contribution in [3.8, 4) is 5.75 Å².